The van der Waals surface area contributed by atoms with Crippen LogP contribution < -0.4 is 15.5 Å². The summed E-state index contributed by atoms with van der Waals surface area (Å²) in [5.74, 6) is 1.12. The van der Waals surface area contributed by atoms with Crippen molar-refractivity contribution in [1.82, 2.24) is 29.6 Å². The van der Waals surface area contributed by atoms with Gasteiger partial charge in [-0.2, -0.15) is 19.5 Å². The molecule has 4 heterocycles. The van der Waals surface area contributed by atoms with Crippen molar-refractivity contribution in [3.8, 4) is 0 Å². The van der Waals surface area contributed by atoms with Crippen LogP contribution in [0.2, 0.25) is 0 Å². The number of hydrogen-bond donors (Lipinski definition) is 3. The normalized spacial score (nSPS) is 23.0. The number of amides is 1. The van der Waals surface area contributed by atoms with Crippen LogP contribution in [0.3, 0.4) is 0 Å². The molecular weight excluding hydrogens is 447 g/mol. The highest BCUT2D eigenvalue weighted by Crippen LogP contribution is 2.46. The molecule has 5 rings (SSSR count). The first kappa shape index (κ1) is 23.3. The van der Waals surface area contributed by atoms with Crippen molar-refractivity contribution in [3.05, 3.63) is 47.3 Å². The lowest BCUT2D eigenvalue weighted by atomic mass is 9.90. The van der Waals surface area contributed by atoms with E-state index in [2.05, 4.69) is 48.2 Å². The number of fused-ring (bicyclic) bond motifs is 1. The SMILES string of the molecule is CC(C)c1cc(Nc2nc([N+]3(c4ccc(F)nc4)CCCC3C(N)=O)nc3c2CCC3(C)C)n[nH]1. The number of H-pyrrole nitrogens is 1. The fourth-order valence-electron chi connectivity index (χ4n) is 5.46. The molecule has 35 heavy (non-hydrogen) atoms. The quantitative estimate of drug-likeness (QED) is 0.361. The average Bonchev–Trinajstić information content (AvgIpc) is 3.52. The maximum Gasteiger partial charge on any atom is 0.337 e. The summed E-state index contributed by atoms with van der Waals surface area (Å²) >= 11 is 0. The van der Waals surface area contributed by atoms with Crippen molar-refractivity contribution in [3.63, 3.8) is 0 Å². The standard InChI is InChI=1S/C25H31FN8O/c1-14(2)17-12-20(33-32-17)29-23-16-9-10-25(3,4)21(16)30-24(31-23)34(11-5-6-18(34)22(27)35)15-7-8-19(26)28-13-15/h7-8,12-14,18H,5-6,9-11H2,1-4H3,(H3-,27,29,30,31,32,33,35)/p+1. The lowest BCUT2D eigenvalue weighted by Crippen LogP contribution is -2.55. The largest absolute Gasteiger partial charge is 0.364 e. The second kappa shape index (κ2) is 8.37. The van der Waals surface area contributed by atoms with E-state index in [4.69, 9.17) is 15.7 Å². The Bertz CT molecular complexity index is 1270. The molecule has 3 aromatic heterocycles. The predicted octanol–water partition coefficient (Wildman–Crippen LogP) is 4.11. The molecule has 0 saturated carbocycles. The lowest BCUT2D eigenvalue weighted by Gasteiger charge is -2.35. The van der Waals surface area contributed by atoms with Gasteiger partial charge in [0.1, 0.15) is 5.82 Å². The fourth-order valence-corrected chi connectivity index (χ4v) is 5.46. The molecule has 3 aromatic rings. The molecule has 0 spiro atoms. The van der Waals surface area contributed by atoms with Gasteiger partial charge in [0.15, 0.2) is 17.5 Å². The van der Waals surface area contributed by atoms with Gasteiger partial charge in [0, 0.05) is 41.6 Å². The van der Waals surface area contributed by atoms with Crippen LogP contribution in [0.4, 0.5) is 27.7 Å². The van der Waals surface area contributed by atoms with Crippen LogP contribution in [0, 0.1) is 5.95 Å². The van der Waals surface area contributed by atoms with Crippen LogP contribution in [0.25, 0.3) is 0 Å². The number of nitrogens with two attached hydrogens (primary N) is 1. The number of pyridine rings is 1. The Morgan fingerprint density at radius 2 is 2.11 bits per heavy atom. The van der Waals surface area contributed by atoms with Gasteiger partial charge >= 0.3 is 5.95 Å². The molecule has 2 aliphatic rings. The van der Waals surface area contributed by atoms with Crippen LogP contribution in [-0.4, -0.2) is 43.6 Å². The number of aromatic amines is 1. The molecule has 1 fully saturated rings. The van der Waals surface area contributed by atoms with E-state index in [0.29, 0.717) is 42.2 Å². The smallest absolute Gasteiger partial charge is 0.337 e. The number of carbonyl (C=O) groups excluding carboxylic acids is 1. The summed E-state index contributed by atoms with van der Waals surface area (Å²) in [4.78, 5) is 26.6. The highest BCUT2D eigenvalue weighted by Gasteiger charge is 2.52. The van der Waals surface area contributed by atoms with E-state index < -0.39 is 17.9 Å². The summed E-state index contributed by atoms with van der Waals surface area (Å²) in [5, 5.41) is 10.9. The zero-order chi connectivity index (χ0) is 25.0. The minimum absolute atomic E-state index is 0.0263. The molecule has 1 amide bonds. The fraction of sp³-hybridized carbons (Fsp3) is 0.480. The van der Waals surface area contributed by atoms with E-state index >= 15 is 0 Å². The number of hydrogen-bond acceptors (Lipinski definition) is 6. The number of rotatable bonds is 6. The molecule has 2 unspecified atom stereocenters. The minimum atomic E-state index is -0.584. The zero-order valence-corrected chi connectivity index (χ0v) is 20.6. The number of anilines is 2. The number of halogens is 1. The van der Waals surface area contributed by atoms with E-state index in [-0.39, 0.29) is 9.90 Å². The Kier molecular flexibility index (Phi) is 5.58. The van der Waals surface area contributed by atoms with Gasteiger partial charge in [-0.15, -0.1) is 0 Å². The summed E-state index contributed by atoms with van der Waals surface area (Å²) in [6, 6.07) is 4.37. The number of aromatic nitrogens is 5. The number of nitrogens with zero attached hydrogens (tertiary/aromatic N) is 5. The summed E-state index contributed by atoms with van der Waals surface area (Å²) in [6.07, 6.45) is 4.59. The van der Waals surface area contributed by atoms with Gasteiger partial charge in [0.25, 0.3) is 5.91 Å². The maximum absolute atomic E-state index is 13.7. The first-order valence-electron chi connectivity index (χ1n) is 12.2. The number of nitrogens with one attached hydrogen (secondary N) is 2. The monoisotopic (exact) mass is 479 g/mol. The van der Waals surface area contributed by atoms with Crippen LogP contribution >= 0.6 is 0 Å². The van der Waals surface area contributed by atoms with Crippen LogP contribution in [0.5, 0.6) is 0 Å². The van der Waals surface area contributed by atoms with Gasteiger partial charge in [0.2, 0.25) is 5.95 Å². The Balaban J connectivity index is 1.70. The molecule has 1 saturated heterocycles. The molecule has 0 radical (unpaired) electrons. The molecule has 4 N–H and O–H groups in total. The molecule has 9 nitrogen and oxygen atoms in total. The predicted molar refractivity (Wildman–Crippen MR) is 132 cm³/mol. The number of primary amides is 1. The summed E-state index contributed by atoms with van der Waals surface area (Å²) in [7, 11) is 0. The topological polar surface area (TPSA) is 122 Å². The van der Waals surface area contributed by atoms with Crippen LogP contribution in [0.15, 0.2) is 24.4 Å². The second-order valence-electron chi connectivity index (χ2n) is 10.6. The summed E-state index contributed by atoms with van der Waals surface area (Å²) in [5.41, 5.74) is 9.42. The van der Waals surface area contributed by atoms with Crippen molar-refractivity contribution in [1.29, 1.82) is 0 Å². The Hall–Kier alpha value is -3.40. The first-order chi connectivity index (χ1) is 16.6. The molecular formula is C25H32FN8O+. The third-order valence-corrected chi connectivity index (χ3v) is 7.48. The van der Waals surface area contributed by atoms with Gasteiger partial charge in [-0.25, -0.2) is 9.47 Å². The van der Waals surface area contributed by atoms with Crippen molar-refractivity contribution < 1.29 is 9.18 Å². The van der Waals surface area contributed by atoms with Gasteiger partial charge in [0.05, 0.1) is 18.4 Å². The van der Waals surface area contributed by atoms with Crippen molar-refractivity contribution in [2.24, 2.45) is 5.73 Å². The van der Waals surface area contributed by atoms with Crippen LogP contribution in [-0.2, 0) is 16.6 Å². The van der Waals surface area contributed by atoms with Crippen molar-refractivity contribution in [2.45, 2.75) is 70.8 Å². The van der Waals surface area contributed by atoms with E-state index in [1.54, 1.807) is 6.07 Å². The van der Waals surface area contributed by atoms with Gasteiger partial charge in [-0.3, -0.25) is 9.89 Å². The van der Waals surface area contributed by atoms with Crippen molar-refractivity contribution in [2.75, 3.05) is 11.9 Å². The van der Waals surface area contributed by atoms with Gasteiger partial charge in [-0.05, 0) is 24.8 Å². The molecule has 0 aromatic carbocycles. The third-order valence-electron chi connectivity index (χ3n) is 7.48. The van der Waals surface area contributed by atoms with E-state index in [1.165, 1.54) is 12.3 Å². The molecule has 1 aliphatic carbocycles. The Labute approximate surface area is 204 Å². The molecule has 1 aliphatic heterocycles. The second-order valence-corrected chi connectivity index (χ2v) is 10.6. The highest BCUT2D eigenvalue weighted by atomic mass is 19.1. The number of quaternary nitrogens is 1. The lowest BCUT2D eigenvalue weighted by molar-refractivity contribution is -0.121. The molecule has 0 bridgehead atoms. The molecule has 2 atom stereocenters. The highest BCUT2D eigenvalue weighted by molar-refractivity contribution is 5.84. The Morgan fingerprint density at radius 1 is 1.31 bits per heavy atom. The van der Waals surface area contributed by atoms with Crippen molar-refractivity contribution >= 4 is 29.2 Å². The summed E-state index contributed by atoms with van der Waals surface area (Å²) in [6.45, 7) is 9.11. The average molecular weight is 480 g/mol. The van der Waals surface area contributed by atoms with E-state index in [0.717, 1.165) is 36.2 Å². The van der Waals surface area contributed by atoms with E-state index in [9.17, 15) is 9.18 Å². The first-order valence-corrected chi connectivity index (χ1v) is 12.2. The number of carbonyl (C=O) groups is 1. The van der Waals surface area contributed by atoms with Gasteiger partial charge in [-0.1, -0.05) is 27.7 Å². The van der Waals surface area contributed by atoms with Gasteiger partial charge < -0.3 is 11.1 Å². The van der Waals surface area contributed by atoms with E-state index in [1.807, 2.05) is 6.07 Å². The van der Waals surface area contributed by atoms with Crippen LogP contribution in [0.1, 0.15) is 69.8 Å². The maximum atomic E-state index is 13.7. The Morgan fingerprint density at radius 3 is 2.77 bits per heavy atom. The molecule has 10 heteroatoms. The summed E-state index contributed by atoms with van der Waals surface area (Å²) < 4.78 is 13.8. The zero-order valence-electron chi connectivity index (χ0n) is 20.6. The minimum Gasteiger partial charge on any atom is -0.364 e. The third kappa shape index (κ3) is 3.85. The molecule has 184 valence electrons.